The Bertz CT molecular complexity index is 1180. The predicted molar refractivity (Wildman–Crippen MR) is 120 cm³/mol. The van der Waals surface area contributed by atoms with Gasteiger partial charge in [-0.15, -0.1) is 0 Å². The molecule has 0 aliphatic heterocycles. The van der Waals surface area contributed by atoms with Gasteiger partial charge in [0.2, 0.25) is 0 Å². The maximum Gasteiger partial charge on any atom is 0.134 e. The van der Waals surface area contributed by atoms with E-state index >= 15 is 0 Å². The van der Waals surface area contributed by atoms with E-state index in [1.807, 2.05) is 36.4 Å². The summed E-state index contributed by atoms with van der Waals surface area (Å²) in [5.74, 6) is 0.642. The molecule has 3 aromatic rings. The van der Waals surface area contributed by atoms with Crippen molar-refractivity contribution in [2.24, 2.45) is 0 Å². The zero-order valence-electron chi connectivity index (χ0n) is 15.0. The topological polar surface area (TPSA) is 56.8 Å². The summed E-state index contributed by atoms with van der Waals surface area (Å²) in [5, 5.41) is 19.5. The minimum atomic E-state index is 0.282. The summed E-state index contributed by atoms with van der Waals surface area (Å²) in [6, 6.07) is 22.3. The van der Waals surface area contributed by atoms with Gasteiger partial charge in [-0.2, -0.15) is 10.5 Å². The minimum absolute atomic E-state index is 0.282. The molecule has 0 atom stereocenters. The summed E-state index contributed by atoms with van der Waals surface area (Å²) >= 11 is 15.5. The fourth-order valence-corrected chi connectivity index (χ4v) is 3.45. The molecule has 29 heavy (non-hydrogen) atoms. The first-order valence-corrected chi connectivity index (χ1v) is 10.0. The SMILES string of the molecule is N#C/C(=C/c1ccc(OCc2ccccc2C#N)c(Br)c1)c1ccc(Cl)c(Cl)c1. The summed E-state index contributed by atoms with van der Waals surface area (Å²) in [5.41, 5.74) is 3.38. The zero-order valence-corrected chi connectivity index (χ0v) is 18.1. The summed E-state index contributed by atoms with van der Waals surface area (Å²) in [4.78, 5) is 0. The van der Waals surface area contributed by atoms with E-state index < -0.39 is 0 Å². The van der Waals surface area contributed by atoms with Crippen molar-refractivity contribution >= 4 is 50.8 Å². The van der Waals surface area contributed by atoms with Crippen molar-refractivity contribution in [3.63, 3.8) is 0 Å². The monoisotopic (exact) mass is 482 g/mol. The smallest absolute Gasteiger partial charge is 0.134 e. The van der Waals surface area contributed by atoms with Gasteiger partial charge in [-0.3, -0.25) is 0 Å². The number of rotatable bonds is 5. The van der Waals surface area contributed by atoms with Crippen molar-refractivity contribution in [3.05, 3.63) is 97.4 Å². The lowest BCUT2D eigenvalue weighted by atomic mass is 10.0. The Balaban J connectivity index is 1.81. The molecule has 3 nitrogen and oxygen atoms in total. The Morgan fingerprint density at radius 2 is 1.79 bits per heavy atom. The molecule has 0 aliphatic carbocycles. The first kappa shape index (κ1) is 21.0. The van der Waals surface area contributed by atoms with Gasteiger partial charge in [0.25, 0.3) is 0 Å². The Labute approximate surface area is 187 Å². The van der Waals surface area contributed by atoms with Crippen LogP contribution < -0.4 is 4.74 Å². The third-order valence-corrected chi connectivity index (χ3v) is 5.50. The molecule has 0 fully saturated rings. The van der Waals surface area contributed by atoms with E-state index in [-0.39, 0.29) is 6.61 Å². The molecule has 0 aliphatic rings. The third-order valence-electron chi connectivity index (χ3n) is 4.14. The van der Waals surface area contributed by atoms with Crippen LogP contribution in [0.2, 0.25) is 10.0 Å². The van der Waals surface area contributed by atoms with Gasteiger partial charge in [0.05, 0.1) is 37.8 Å². The molecule has 0 heterocycles. The molecule has 0 saturated heterocycles. The van der Waals surface area contributed by atoms with Gasteiger partial charge in [0.1, 0.15) is 12.4 Å². The fourth-order valence-electron chi connectivity index (χ4n) is 2.65. The van der Waals surface area contributed by atoms with Gasteiger partial charge in [0, 0.05) is 5.56 Å². The highest BCUT2D eigenvalue weighted by atomic mass is 79.9. The van der Waals surface area contributed by atoms with Crippen LogP contribution >= 0.6 is 39.1 Å². The van der Waals surface area contributed by atoms with E-state index in [9.17, 15) is 10.5 Å². The molecule has 6 heteroatoms. The van der Waals surface area contributed by atoms with Crippen molar-refractivity contribution in [1.29, 1.82) is 10.5 Å². The second kappa shape index (κ2) is 9.63. The summed E-state index contributed by atoms with van der Waals surface area (Å²) in [6.07, 6.45) is 1.76. The van der Waals surface area contributed by atoms with Crippen molar-refractivity contribution in [1.82, 2.24) is 0 Å². The highest BCUT2D eigenvalue weighted by Gasteiger charge is 2.08. The third kappa shape index (κ3) is 5.19. The van der Waals surface area contributed by atoms with Crippen LogP contribution in [0.3, 0.4) is 0 Å². The minimum Gasteiger partial charge on any atom is -0.488 e. The number of ether oxygens (including phenoxy) is 1. The van der Waals surface area contributed by atoms with Crippen LogP contribution in [0.25, 0.3) is 11.6 Å². The average Bonchev–Trinajstić information content (AvgIpc) is 2.73. The van der Waals surface area contributed by atoms with E-state index in [0.717, 1.165) is 15.6 Å². The number of nitrogens with zero attached hydrogens (tertiary/aromatic N) is 2. The van der Waals surface area contributed by atoms with Crippen molar-refractivity contribution in [2.75, 3.05) is 0 Å². The van der Waals surface area contributed by atoms with Crippen molar-refractivity contribution in [3.8, 4) is 17.9 Å². The number of nitriles is 2. The normalized spacial score (nSPS) is 10.9. The second-order valence-corrected chi connectivity index (χ2v) is 7.71. The molecule has 0 unspecified atom stereocenters. The summed E-state index contributed by atoms with van der Waals surface area (Å²) in [7, 11) is 0. The van der Waals surface area contributed by atoms with E-state index in [1.165, 1.54) is 0 Å². The molecule has 0 radical (unpaired) electrons. The number of allylic oxidation sites excluding steroid dienone is 1. The highest BCUT2D eigenvalue weighted by Crippen LogP contribution is 2.30. The van der Waals surface area contributed by atoms with Crippen molar-refractivity contribution < 1.29 is 4.74 Å². The zero-order chi connectivity index (χ0) is 20.8. The maximum absolute atomic E-state index is 9.53. The van der Waals surface area contributed by atoms with Gasteiger partial charge in [-0.25, -0.2) is 0 Å². The Morgan fingerprint density at radius 1 is 1.00 bits per heavy atom. The van der Waals surface area contributed by atoms with Gasteiger partial charge in [-0.1, -0.05) is 53.5 Å². The van der Waals surface area contributed by atoms with Crippen LogP contribution in [-0.2, 0) is 6.61 Å². The molecule has 0 amide bonds. The highest BCUT2D eigenvalue weighted by molar-refractivity contribution is 9.10. The van der Waals surface area contributed by atoms with Gasteiger partial charge < -0.3 is 4.74 Å². The Kier molecular flexibility index (Phi) is 6.96. The van der Waals surface area contributed by atoms with E-state index in [2.05, 4.69) is 28.1 Å². The number of halogens is 3. The van der Waals surface area contributed by atoms with Crippen LogP contribution in [0, 0.1) is 22.7 Å². The summed E-state index contributed by atoms with van der Waals surface area (Å²) in [6.45, 7) is 0.282. The largest absolute Gasteiger partial charge is 0.488 e. The molecule has 142 valence electrons. The van der Waals surface area contributed by atoms with Gasteiger partial charge in [0.15, 0.2) is 0 Å². The first-order chi connectivity index (χ1) is 14.0. The van der Waals surface area contributed by atoms with E-state index in [4.69, 9.17) is 27.9 Å². The fraction of sp³-hybridized carbons (Fsp3) is 0.0435. The molecule has 0 aromatic heterocycles. The number of hydrogen-bond acceptors (Lipinski definition) is 3. The lowest BCUT2D eigenvalue weighted by molar-refractivity contribution is 0.304. The van der Waals surface area contributed by atoms with Crippen LogP contribution in [0.1, 0.15) is 22.3 Å². The number of hydrogen-bond donors (Lipinski definition) is 0. The van der Waals surface area contributed by atoms with Crippen molar-refractivity contribution in [2.45, 2.75) is 6.61 Å². The lowest BCUT2D eigenvalue weighted by Crippen LogP contribution is -1.98. The lowest BCUT2D eigenvalue weighted by Gasteiger charge is -2.10. The quantitative estimate of drug-likeness (QED) is 0.283. The van der Waals surface area contributed by atoms with Gasteiger partial charge in [-0.05, 0) is 63.5 Å². The molecular weight excluding hydrogens is 471 g/mol. The van der Waals surface area contributed by atoms with Crippen LogP contribution in [0.4, 0.5) is 0 Å². The number of benzene rings is 3. The van der Waals surface area contributed by atoms with Crippen LogP contribution in [0.5, 0.6) is 5.75 Å². The Hall–Kier alpha value is -2.76. The molecular formula is C23H13BrCl2N2O. The molecule has 3 aromatic carbocycles. The van der Waals surface area contributed by atoms with Crippen LogP contribution in [0.15, 0.2) is 65.1 Å². The summed E-state index contributed by atoms with van der Waals surface area (Å²) < 4.78 is 6.59. The second-order valence-electron chi connectivity index (χ2n) is 6.05. The molecule has 0 saturated carbocycles. The Morgan fingerprint density at radius 3 is 2.48 bits per heavy atom. The first-order valence-electron chi connectivity index (χ1n) is 8.49. The molecule has 0 bridgehead atoms. The van der Waals surface area contributed by atoms with E-state index in [0.29, 0.717) is 32.5 Å². The molecule has 0 spiro atoms. The predicted octanol–water partition coefficient (Wildman–Crippen LogP) is 7.27. The molecule has 0 N–H and O–H groups in total. The van der Waals surface area contributed by atoms with Crippen LogP contribution in [-0.4, -0.2) is 0 Å². The molecule has 3 rings (SSSR count). The maximum atomic E-state index is 9.53. The van der Waals surface area contributed by atoms with E-state index in [1.54, 1.807) is 30.3 Å². The average molecular weight is 484 g/mol. The van der Waals surface area contributed by atoms with Gasteiger partial charge >= 0.3 is 0 Å². The standard InChI is InChI=1S/C23H13BrCl2N2O/c24-20-10-15(9-19(13-28)16-6-7-21(25)22(26)11-16)5-8-23(20)29-14-18-4-2-1-3-17(18)12-27/h1-11H,14H2/b19-9-.